The van der Waals surface area contributed by atoms with Gasteiger partial charge in [0.05, 0.1) is 30.2 Å². The van der Waals surface area contributed by atoms with Gasteiger partial charge in [0, 0.05) is 0 Å². The van der Waals surface area contributed by atoms with E-state index >= 15 is 0 Å². The first-order chi connectivity index (χ1) is 15.6. The van der Waals surface area contributed by atoms with E-state index in [1.54, 1.807) is 46.8 Å². The quantitative estimate of drug-likeness (QED) is 0.538. The zero-order valence-electron chi connectivity index (χ0n) is 20.4. The molecule has 2 heterocycles. The van der Waals surface area contributed by atoms with Crippen LogP contribution in [0.5, 0.6) is 0 Å². The molecule has 3 rings (SSSR count). The van der Waals surface area contributed by atoms with Crippen LogP contribution in [0.1, 0.15) is 46.6 Å². The Morgan fingerprint density at radius 1 is 1.18 bits per heavy atom. The maximum atomic E-state index is 12.8. The van der Waals surface area contributed by atoms with Gasteiger partial charge < -0.3 is 24.4 Å². The number of likely N-dealkylation sites (tertiary alicyclic amines) is 1. The van der Waals surface area contributed by atoms with Crippen LogP contribution < -0.4 is 0 Å². The normalized spacial score (nSPS) is 26.2. The van der Waals surface area contributed by atoms with E-state index in [0.29, 0.717) is 0 Å². The third kappa shape index (κ3) is 6.46. The molecule has 2 aliphatic heterocycles. The largest absolute Gasteiger partial charge is 0.444 e. The predicted octanol–water partition coefficient (Wildman–Crippen LogP) is 1.95. The standard InChI is InChI=1S/C23H35NO9S/c1-14-7-9-15(10-8-14)34(28,29)30-13-18(26)17(25)11-16-20-19(31-23(5,6)32-20)12-24(16)21(27)33-22(2,3)4/h7-10,16-20,25-26H,11-13H2,1-6H3/t16-,17+,18+,19-,20+/m0/s1. The lowest BCUT2D eigenvalue weighted by molar-refractivity contribution is -0.163. The molecule has 11 heteroatoms. The third-order valence-electron chi connectivity index (χ3n) is 5.64. The zero-order valence-corrected chi connectivity index (χ0v) is 21.2. The third-order valence-corrected chi connectivity index (χ3v) is 6.93. The molecule has 0 radical (unpaired) electrons. The van der Waals surface area contributed by atoms with Gasteiger partial charge in [0.1, 0.15) is 23.9 Å². The number of hydrogen-bond donors (Lipinski definition) is 2. The van der Waals surface area contributed by atoms with E-state index in [0.717, 1.165) is 5.56 Å². The van der Waals surface area contributed by atoms with Gasteiger partial charge in [0.2, 0.25) is 0 Å². The summed E-state index contributed by atoms with van der Waals surface area (Å²) in [4.78, 5) is 14.2. The molecule has 10 nitrogen and oxygen atoms in total. The highest BCUT2D eigenvalue weighted by Crippen LogP contribution is 2.39. The molecule has 2 saturated heterocycles. The molecule has 2 N–H and O–H groups in total. The van der Waals surface area contributed by atoms with E-state index in [1.165, 1.54) is 17.0 Å². The van der Waals surface area contributed by atoms with E-state index < -0.39 is 64.7 Å². The minimum absolute atomic E-state index is 0.0479. The summed E-state index contributed by atoms with van der Waals surface area (Å²) in [7, 11) is -4.11. The van der Waals surface area contributed by atoms with Crippen molar-refractivity contribution in [1.29, 1.82) is 0 Å². The van der Waals surface area contributed by atoms with Crippen LogP contribution in [-0.2, 0) is 28.5 Å². The Balaban J connectivity index is 1.67. The molecule has 1 aromatic carbocycles. The van der Waals surface area contributed by atoms with Crippen LogP contribution in [0.2, 0.25) is 0 Å². The van der Waals surface area contributed by atoms with Gasteiger partial charge in [-0.1, -0.05) is 17.7 Å². The second kappa shape index (κ2) is 9.71. The molecule has 0 unspecified atom stereocenters. The van der Waals surface area contributed by atoms with Gasteiger partial charge in [-0.15, -0.1) is 0 Å². The highest BCUT2D eigenvalue weighted by molar-refractivity contribution is 7.86. The molecular weight excluding hydrogens is 466 g/mol. The highest BCUT2D eigenvalue weighted by atomic mass is 32.2. The van der Waals surface area contributed by atoms with Gasteiger partial charge in [-0.2, -0.15) is 8.42 Å². The van der Waals surface area contributed by atoms with Crippen molar-refractivity contribution >= 4 is 16.2 Å². The molecule has 0 saturated carbocycles. The van der Waals surface area contributed by atoms with Crippen LogP contribution in [-0.4, -0.2) is 84.6 Å². The molecule has 1 aromatic rings. The maximum absolute atomic E-state index is 12.8. The van der Waals surface area contributed by atoms with Crippen molar-refractivity contribution in [2.75, 3.05) is 13.2 Å². The van der Waals surface area contributed by atoms with Crippen LogP contribution in [0.4, 0.5) is 4.79 Å². The smallest absolute Gasteiger partial charge is 0.410 e. The summed E-state index contributed by atoms with van der Waals surface area (Å²) >= 11 is 0. The fraction of sp³-hybridized carbons (Fsp3) is 0.696. The van der Waals surface area contributed by atoms with Gasteiger partial charge in [0.25, 0.3) is 10.1 Å². The molecule has 0 spiro atoms. The minimum Gasteiger partial charge on any atom is -0.444 e. The van der Waals surface area contributed by atoms with Crippen molar-refractivity contribution in [3.05, 3.63) is 29.8 Å². The van der Waals surface area contributed by atoms with Crippen LogP contribution in [0.15, 0.2) is 29.2 Å². The van der Waals surface area contributed by atoms with Crippen molar-refractivity contribution in [2.45, 2.75) is 94.7 Å². The summed E-state index contributed by atoms with van der Waals surface area (Å²) < 4.78 is 47.1. The van der Waals surface area contributed by atoms with Crippen molar-refractivity contribution in [2.24, 2.45) is 0 Å². The van der Waals surface area contributed by atoms with E-state index in [-0.39, 0.29) is 17.9 Å². The highest BCUT2D eigenvalue weighted by Gasteiger charge is 2.55. The van der Waals surface area contributed by atoms with Gasteiger partial charge >= 0.3 is 6.09 Å². The number of nitrogens with zero attached hydrogens (tertiary/aromatic N) is 1. The first kappa shape index (κ1) is 26.8. The van der Waals surface area contributed by atoms with Crippen LogP contribution in [0.3, 0.4) is 0 Å². The Bertz CT molecular complexity index is 971. The van der Waals surface area contributed by atoms with Crippen LogP contribution >= 0.6 is 0 Å². The lowest BCUT2D eigenvalue weighted by atomic mass is 10.0. The Morgan fingerprint density at radius 2 is 1.79 bits per heavy atom. The fourth-order valence-corrected chi connectivity index (χ4v) is 5.00. The van der Waals surface area contributed by atoms with E-state index in [2.05, 4.69) is 0 Å². The lowest BCUT2D eigenvalue weighted by Crippen LogP contribution is -2.47. The zero-order chi connectivity index (χ0) is 25.5. The first-order valence-electron chi connectivity index (χ1n) is 11.3. The van der Waals surface area contributed by atoms with E-state index in [4.69, 9.17) is 18.4 Å². The molecule has 0 aliphatic carbocycles. The molecule has 0 bridgehead atoms. The number of fused-ring (bicyclic) bond motifs is 1. The Labute approximate surface area is 200 Å². The number of amides is 1. The number of hydrogen-bond acceptors (Lipinski definition) is 9. The number of rotatable bonds is 7. The van der Waals surface area contributed by atoms with E-state index in [9.17, 15) is 23.4 Å². The summed E-state index contributed by atoms with van der Waals surface area (Å²) in [6.07, 6.45) is -4.55. The summed E-state index contributed by atoms with van der Waals surface area (Å²) in [5.41, 5.74) is 0.163. The molecule has 192 valence electrons. The molecular formula is C23H35NO9S. The second-order valence-electron chi connectivity index (χ2n) is 10.3. The van der Waals surface area contributed by atoms with Gasteiger partial charge in [-0.05, 0) is 60.1 Å². The number of aliphatic hydroxyl groups excluding tert-OH is 2. The topological polar surface area (TPSA) is 132 Å². The number of carbonyl (C=O) groups excluding carboxylic acids is 1. The van der Waals surface area contributed by atoms with Crippen molar-refractivity contribution in [3.8, 4) is 0 Å². The van der Waals surface area contributed by atoms with Crippen LogP contribution in [0.25, 0.3) is 0 Å². The Hall–Kier alpha value is -1.76. The number of carbonyl (C=O) groups is 1. The molecule has 2 aliphatic rings. The summed E-state index contributed by atoms with van der Waals surface area (Å²) in [6, 6.07) is 5.43. The molecule has 1 amide bonds. The average molecular weight is 502 g/mol. The van der Waals surface area contributed by atoms with Crippen LogP contribution in [0, 0.1) is 6.92 Å². The predicted molar refractivity (Wildman–Crippen MR) is 122 cm³/mol. The second-order valence-corrected chi connectivity index (χ2v) is 11.9. The number of ether oxygens (including phenoxy) is 3. The van der Waals surface area contributed by atoms with Crippen molar-refractivity contribution < 1.29 is 41.8 Å². The monoisotopic (exact) mass is 501 g/mol. The first-order valence-corrected chi connectivity index (χ1v) is 12.7. The van der Waals surface area contributed by atoms with Crippen molar-refractivity contribution in [3.63, 3.8) is 0 Å². The van der Waals surface area contributed by atoms with Gasteiger partial charge in [-0.3, -0.25) is 9.08 Å². The van der Waals surface area contributed by atoms with E-state index in [1.807, 2.05) is 6.92 Å². The number of aliphatic hydroxyl groups is 2. The number of benzene rings is 1. The molecule has 5 atom stereocenters. The molecule has 0 aromatic heterocycles. The van der Waals surface area contributed by atoms with Crippen molar-refractivity contribution in [1.82, 2.24) is 4.90 Å². The van der Waals surface area contributed by atoms with Gasteiger partial charge in [0.15, 0.2) is 5.79 Å². The molecule has 2 fully saturated rings. The Morgan fingerprint density at radius 3 is 2.38 bits per heavy atom. The summed E-state index contributed by atoms with van der Waals surface area (Å²) in [5.74, 6) is -0.859. The average Bonchev–Trinajstić information content (AvgIpc) is 3.17. The minimum atomic E-state index is -4.11. The number of aryl methyl sites for hydroxylation is 1. The SMILES string of the molecule is Cc1ccc(S(=O)(=O)OC[C@@H](O)[C@H](O)C[C@H]2[C@H]3OC(C)(C)O[C@H]3CN2C(=O)OC(C)(C)C)cc1. The molecule has 34 heavy (non-hydrogen) atoms. The summed E-state index contributed by atoms with van der Waals surface area (Å²) in [5, 5.41) is 21.1. The summed E-state index contributed by atoms with van der Waals surface area (Å²) in [6.45, 7) is 10.1. The van der Waals surface area contributed by atoms with Gasteiger partial charge in [-0.25, -0.2) is 4.79 Å². The maximum Gasteiger partial charge on any atom is 0.410 e. The lowest BCUT2D eigenvalue weighted by Gasteiger charge is -2.33. The fourth-order valence-electron chi connectivity index (χ4n) is 4.08. The Kier molecular flexibility index (Phi) is 7.66.